The first-order chi connectivity index (χ1) is 9.56. The number of fused-ring (bicyclic) bond motifs is 1. The Morgan fingerprint density at radius 2 is 2.00 bits per heavy atom. The lowest BCUT2D eigenvalue weighted by Crippen LogP contribution is -2.32. The maximum Gasteiger partial charge on any atom is 0.335 e. The van der Waals surface area contributed by atoms with E-state index in [1.54, 1.807) is 18.2 Å². The van der Waals surface area contributed by atoms with Gasteiger partial charge in [0.2, 0.25) is 0 Å². The van der Waals surface area contributed by atoms with Gasteiger partial charge in [0.25, 0.3) is 0 Å². The molecule has 0 radical (unpaired) electrons. The van der Waals surface area contributed by atoms with Crippen molar-refractivity contribution in [2.75, 3.05) is 0 Å². The standard InChI is InChI=1S/C17H16O3/c1-17(10-12-5-3-2-4-6-12)11-14-9-13(16(18)19)7-8-15(14)20-17/h2-9H,10-11H2,1H3,(H,18,19)/t17-/m1/s1. The van der Waals surface area contributed by atoms with Gasteiger partial charge in [0.15, 0.2) is 0 Å². The summed E-state index contributed by atoms with van der Waals surface area (Å²) in [5.41, 5.74) is 2.21. The molecular weight excluding hydrogens is 252 g/mol. The number of benzene rings is 2. The Labute approximate surface area is 117 Å². The second kappa shape index (κ2) is 4.67. The van der Waals surface area contributed by atoms with Crippen molar-refractivity contribution in [3.63, 3.8) is 0 Å². The minimum atomic E-state index is -0.899. The first kappa shape index (κ1) is 12.7. The number of aromatic carboxylic acids is 1. The van der Waals surface area contributed by atoms with Gasteiger partial charge >= 0.3 is 5.97 Å². The SMILES string of the molecule is C[C@@]1(Cc2ccccc2)Cc2cc(C(=O)O)ccc2O1. The zero-order valence-electron chi connectivity index (χ0n) is 11.3. The molecule has 3 rings (SSSR count). The highest BCUT2D eigenvalue weighted by Gasteiger charge is 2.35. The lowest BCUT2D eigenvalue weighted by molar-refractivity contribution is 0.0697. The van der Waals surface area contributed by atoms with Gasteiger partial charge in [-0.15, -0.1) is 0 Å². The van der Waals surface area contributed by atoms with E-state index in [0.29, 0.717) is 5.56 Å². The molecular formula is C17H16O3. The van der Waals surface area contributed by atoms with E-state index in [4.69, 9.17) is 9.84 Å². The number of carbonyl (C=O) groups is 1. The van der Waals surface area contributed by atoms with Crippen LogP contribution in [0.5, 0.6) is 5.75 Å². The van der Waals surface area contributed by atoms with Gasteiger partial charge in [-0.25, -0.2) is 4.79 Å². The molecule has 0 saturated carbocycles. The molecule has 0 unspecified atom stereocenters. The van der Waals surface area contributed by atoms with Gasteiger partial charge in [-0.2, -0.15) is 0 Å². The highest BCUT2D eigenvalue weighted by Crippen LogP contribution is 2.37. The first-order valence-corrected chi connectivity index (χ1v) is 6.65. The zero-order valence-corrected chi connectivity index (χ0v) is 11.3. The minimum absolute atomic E-state index is 0.305. The third-order valence-electron chi connectivity index (χ3n) is 3.65. The molecule has 2 aromatic rings. The van der Waals surface area contributed by atoms with E-state index in [-0.39, 0.29) is 5.60 Å². The maximum atomic E-state index is 11.0. The number of hydrogen-bond acceptors (Lipinski definition) is 2. The molecule has 0 aromatic heterocycles. The van der Waals surface area contributed by atoms with Crippen molar-refractivity contribution in [3.05, 3.63) is 65.2 Å². The molecule has 0 fully saturated rings. The Kier molecular flexibility index (Phi) is 2.97. The topological polar surface area (TPSA) is 46.5 Å². The maximum absolute atomic E-state index is 11.0. The van der Waals surface area contributed by atoms with E-state index >= 15 is 0 Å². The Hall–Kier alpha value is -2.29. The number of rotatable bonds is 3. The Morgan fingerprint density at radius 1 is 1.25 bits per heavy atom. The van der Waals surface area contributed by atoms with Crippen molar-refractivity contribution in [2.24, 2.45) is 0 Å². The zero-order chi connectivity index (χ0) is 14.2. The van der Waals surface area contributed by atoms with E-state index in [1.807, 2.05) is 18.2 Å². The van der Waals surface area contributed by atoms with Gasteiger partial charge in [-0.3, -0.25) is 0 Å². The van der Waals surface area contributed by atoms with Crippen molar-refractivity contribution >= 4 is 5.97 Å². The van der Waals surface area contributed by atoms with Crippen LogP contribution in [0, 0.1) is 0 Å². The van der Waals surface area contributed by atoms with Gasteiger partial charge in [0.05, 0.1) is 5.56 Å². The van der Waals surface area contributed by atoms with Crippen molar-refractivity contribution in [1.82, 2.24) is 0 Å². The average molecular weight is 268 g/mol. The predicted octanol–water partition coefficient (Wildman–Crippen LogP) is 3.32. The lowest BCUT2D eigenvalue weighted by atomic mass is 9.91. The van der Waals surface area contributed by atoms with Crippen LogP contribution >= 0.6 is 0 Å². The smallest absolute Gasteiger partial charge is 0.335 e. The van der Waals surface area contributed by atoms with Crippen molar-refractivity contribution < 1.29 is 14.6 Å². The second-order valence-electron chi connectivity index (χ2n) is 5.52. The fourth-order valence-electron chi connectivity index (χ4n) is 2.78. The Balaban J connectivity index is 1.84. The third-order valence-corrected chi connectivity index (χ3v) is 3.65. The molecule has 1 aliphatic heterocycles. The van der Waals surface area contributed by atoms with Crippen LogP contribution in [0.2, 0.25) is 0 Å². The molecule has 0 amide bonds. The van der Waals surface area contributed by atoms with Crippen molar-refractivity contribution in [1.29, 1.82) is 0 Å². The van der Waals surface area contributed by atoms with Gasteiger partial charge in [0, 0.05) is 12.8 Å². The molecule has 0 aliphatic carbocycles. The molecule has 102 valence electrons. The van der Waals surface area contributed by atoms with E-state index in [2.05, 4.69) is 19.1 Å². The minimum Gasteiger partial charge on any atom is -0.487 e. The van der Waals surface area contributed by atoms with Crippen LogP contribution < -0.4 is 4.74 Å². The third kappa shape index (κ3) is 2.39. The molecule has 1 aliphatic rings. The highest BCUT2D eigenvalue weighted by molar-refractivity contribution is 5.88. The number of hydrogen-bond donors (Lipinski definition) is 1. The summed E-state index contributed by atoms with van der Waals surface area (Å²) in [6.45, 7) is 2.07. The van der Waals surface area contributed by atoms with Gasteiger partial charge < -0.3 is 9.84 Å². The predicted molar refractivity (Wildman–Crippen MR) is 76.3 cm³/mol. The van der Waals surface area contributed by atoms with Crippen molar-refractivity contribution in [2.45, 2.75) is 25.4 Å². The molecule has 3 nitrogen and oxygen atoms in total. The van der Waals surface area contributed by atoms with Crippen LogP contribution in [0.1, 0.15) is 28.4 Å². The molecule has 0 spiro atoms. The second-order valence-corrected chi connectivity index (χ2v) is 5.52. The summed E-state index contributed by atoms with van der Waals surface area (Å²) in [5, 5.41) is 9.04. The van der Waals surface area contributed by atoms with E-state index in [1.165, 1.54) is 5.56 Å². The number of carboxylic acids is 1. The van der Waals surface area contributed by atoms with Crippen LogP contribution in [0.15, 0.2) is 48.5 Å². The van der Waals surface area contributed by atoms with Crippen LogP contribution in [0.4, 0.5) is 0 Å². The van der Waals surface area contributed by atoms with Gasteiger partial charge in [-0.05, 0) is 36.2 Å². The highest BCUT2D eigenvalue weighted by atomic mass is 16.5. The quantitative estimate of drug-likeness (QED) is 0.928. The van der Waals surface area contributed by atoms with Crippen LogP contribution in [-0.4, -0.2) is 16.7 Å². The Morgan fingerprint density at radius 3 is 2.70 bits per heavy atom. The average Bonchev–Trinajstić information content (AvgIpc) is 2.74. The Bertz CT molecular complexity index is 649. The molecule has 1 heterocycles. The summed E-state index contributed by atoms with van der Waals surface area (Å²) in [7, 11) is 0. The largest absolute Gasteiger partial charge is 0.487 e. The molecule has 1 atom stereocenters. The summed E-state index contributed by atoms with van der Waals surface area (Å²) in [6, 6.07) is 15.3. The summed E-state index contributed by atoms with van der Waals surface area (Å²) in [5.74, 6) is -0.0992. The van der Waals surface area contributed by atoms with Crippen molar-refractivity contribution in [3.8, 4) is 5.75 Å². The van der Waals surface area contributed by atoms with E-state index < -0.39 is 5.97 Å². The fourth-order valence-corrected chi connectivity index (χ4v) is 2.78. The molecule has 2 aromatic carbocycles. The summed E-state index contributed by atoms with van der Waals surface area (Å²) >= 11 is 0. The van der Waals surface area contributed by atoms with Crippen LogP contribution in [0.3, 0.4) is 0 Å². The van der Waals surface area contributed by atoms with E-state index in [9.17, 15) is 4.79 Å². The summed E-state index contributed by atoms with van der Waals surface area (Å²) in [4.78, 5) is 11.0. The molecule has 0 bridgehead atoms. The van der Waals surface area contributed by atoms with Gasteiger partial charge in [-0.1, -0.05) is 30.3 Å². The van der Waals surface area contributed by atoms with Gasteiger partial charge in [0.1, 0.15) is 11.4 Å². The monoisotopic (exact) mass is 268 g/mol. The molecule has 20 heavy (non-hydrogen) atoms. The molecule has 3 heteroatoms. The molecule has 1 N–H and O–H groups in total. The number of ether oxygens (including phenoxy) is 1. The van der Waals surface area contributed by atoms with E-state index in [0.717, 1.165) is 24.2 Å². The number of carboxylic acid groups (broad SMARTS) is 1. The first-order valence-electron chi connectivity index (χ1n) is 6.65. The molecule has 0 saturated heterocycles. The lowest BCUT2D eigenvalue weighted by Gasteiger charge is -2.24. The summed E-state index contributed by atoms with van der Waals surface area (Å²) in [6.07, 6.45) is 1.54. The summed E-state index contributed by atoms with van der Waals surface area (Å²) < 4.78 is 6.04. The van der Waals surface area contributed by atoms with Crippen LogP contribution in [-0.2, 0) is 12.8 Å². The fraction of sp³-hybridized carbons (Fsp3) is 0.235. The van der Waals surface area contributed by atoms with Crippen LogP contribution in [0.25, 0.3) is 0 Å². The normalized spacial score (nSPS) is 20.2.